The maximum absolute atomic E-state index is 14.1. The van der Waals surface area contributed by atoms with Crippen molar-refractivity contribution >= 4 is 5.95 Å². The van der Waals surface area contributed by atoms with E-state index in [1.54, 1.807) is 35.6 Å². The number of halogens is 1. The molecular weight excluding hydrogens is 269 g/mol. The number of benzene rings is 1. The molecule has 0 unspecified atom stereocenters. The van der Waals surface area contributed by atoms with Crippen LogP contribution in [-0.4, -0.2) is 19.5 Å². The van der Waals surface area contributed by atoms with Crippen LogP contribution in [0.1, 0.15) is 11.3 Å². The average molecular weight is 283 g/mol. The van der Waals surface area contributed by atoms with Gasteiger partial charge in [0.15, 0.2) is 0 Å². The zero-order chi connectivity index (χ0) is 14.7. The second kappa shape index (κ2) is 5.70. The van der Waals surface area contributed by atoms with Crippen molar-refractivity contribution in [2.24, 2.45) is 0 Å². The number of aromatic nitrogens is 4. The maximum Gasteiger partial charge on any atom is 0.223 e. The highest BCUT2D eigenvalue weighted by Gasteiger charge is 2.05. The van der Waals surface area contributed by atoms with Crippen LogP contribution >= 0.6 is 0 Å². The fourth-order valence-electron chi connectivity index (χ4n) is 1.99. The highest BCUT2D eigenvalue weighted by molar-refractivity contribution is 5.38. The molecule has 106 valence electrons. The summed E-state index contributed by atoms with van der Waals surface area (Å²) in [5, 5.41) is 3.08. The molecule has 21 heavy (non-hydrogen) atoms. The molecule has 0 radical (unpaired) electrons. The van der Waals surface area contributed by atoms with Crippen molar-refractivity contribution in [2.75, 3.05) is 5.32 Å². The summed E-state index contributed by atoms with van der Waals surface area (Å²) >= 11 is 0. The quantitative estimate of drug-likeness (QED) is 0.800. The number of rotatable bonds is 4. The Bertz CT molecular complexity index is 740. The first-order valence-electron chi connectivity index (χ1n) is 6.52. The lowest BCUT2D eigenvalue weighted by atomic mass is 10.2. The molecule has 0 saturated carbocycles. The lowest BCUT2D eigenvalue weighted by Crippen LogP contribution is -2.05. The summed E-state index contributed by atoms with van der Waals surface area (Å²) in [6, 6.07) is 6.91. The third kappa shape index (κ3) is 3.05. The normalized spacial score (nSPS) is 10.6. The summed E-state index contributed by atoms with van der Waals surface area (Å²) in [5.74, 6) is 0.242. The van der Waals surface area contributed by atoms with Crippen LogP contribution in [0.15, 0.2) is 49.2 Å². The van der Waals surface area contributed by atoms with E-state index in [4.69, 9.17) is 0 Å². The van der Waals surface area contributed by atoms with Gasteiger partial charge in [0.2, 0.25) is 5.95 Å². The van der Waals surface area contributed by atoms with E-state index < -0.39 is 0 Å². The van der Waals surface area contributed by atoms with Crippen molar-refractivity contribution in [1.29, 1.82) is 0 Å². The first-order chi connectivity index (χ1) is 10.2. The monoisotopic (exact) mass is 283 g/mol. The van der Waals surface area contributed by atoms with Gasteiger partial charge in [-0.05, 0) is 30.7 Å². The zero-order valence-corrected chi connectivity index (χ0v) is 11.5. The first kappa shape index (κ1) is 13.2. The van der Waals surface area contributed by atoms with E-state index in [1.807, 2.05) is 19.1 Å². The van der Waals surface area contributed by atoms with Crippen molar-refractivity contribution in [3.05, 3.63) is 66.3 Å². The molecule has 0 aliphatic heterocycles. The summed E-state index contributed by atoms with van der Waals surface area (Å²) in [5.41, 5.74) is 2.18. The van der Waals surface area contributed by atoms with E-state index in [-0.39, 0.29) is 5.82 Å². The van der Waals surface area contributed by atoms with Crippen LogP contribution in [0.3, 0.4) is 0 Å². The number of aryl methyl sites for hydroxylation is 1. The van der Waals surface area contributed by atoms with Crippen molar-refractivity contribution in [1.82, 2.24) is 19.5 Å². The van der Waals surface area contributed by atoms with E-state index >= 15 is 0 Å². The lowest BCUT2D eigenvalue weighted by molar-refractivity contribution is 0.616. The van der Waals surface area contributed by atoms with Crippen LogP contribution in [0.4, 0.5) is 10.3 Å². The molecule has 0 atom stereocenters. The standard InChI is InChI=1S/C15H14FN5/c1-11-4-5-18-15(20-11)19-9-12-2-3-14(13(16)8-12)21-7-6-17-10-21/h2-8,10H,9H2,1H3,(H,18,19,20). The summed E-state index contributed by atoms with van der Waals surface area (Å²) in [4.78, 5) is 12.3. The molecular formula is C15H14FN5. The molecule has 0 aliphatic carbocycles. The topological polar surface area (TPSA) is 55.6 Å². The Hall–Kier alpha value is -2.76. The lowest BCUT2D eigenvalue weighted by Gasteiger charge is -2.08. The Morgan fingerprint density at radius 1 is 1.24 bits per heavy atom. The molecule has 0 aliphatic rings. The van der Waals surface area contributed by atoms with Gasteiger partial charge in [-0.2, -0.15) is 0 Å². The molecule has 3 rings (SSSR count). The van der Waals surface area contributed by atoms with Gasteiger partial charge in [-0.1, -0.05) is 6.07 Å². The molecule has 2 aromatic heterocycles. The average Bonchev–Trinajstić information content (AvgIpc) is 2.99. The molecule has 1 aromatic carbocycles. The van der Waals surface area contributed by atoms with Crippen molar-refractivity contribution in [3.8, 4) is 5.69 Å². The van der Waals surface area contributed by atoms with E-state index in [0.717, 1.165) is 11.3 Å². The van der Waals surface area contributed by atoms with Gasteiger partial charge in [-0.15, -0.1) is 0 Å². The van der Waals surface area contributed by atoms with Crippen LogP contribution in [0.5, 0.6) is 0 Å². The van der Waals surface area contributed by atoms with Crippen LogP contribution in [-0.2, 0) is 6.54 Å². The minimum Gasteiger partial charge on any atom is -0.350 e. The summed E-state index contributed by atoms with van der Waals surface area (Å²) in [6.07, 6.45) is 6.57. The van der Waals surface area contributed by atoms with Crippen molar-refractivity contribution in [3.63, 3.8) is 0 Å². The Balaban J connectivity index is 1.74. The van der Waals surface area contributed by atoms with E-state index in [9.17, 15) is 4.39 Å². The van der Waals surface area contributed by atoms with Gasteiger partial charge in [0.1, 0.15) is 5.82 Å². The van der Waals surface area contributed by atoms with Gasteiger partial charge < -0.3 is 9.88 Å². The molecule has 0 amide bonds. The number of imidazole rings is 1. The summed E-state index contributed by atoms with van der Waals surface area (Å²) < 4.78 is 15.7. The minimum absolute atomic E-state index is 0.294. The molecule has 2 heterocycles. The smallest absolute Gasteiger partial charge is 0.223 e. The van der Waals surface area contributed by atoms with Gasteiger partial charge >= 0.3 is 0 Å². The molecule has 0 saturated heterocycles. The third-order valence-corrected chi connectivity index (χ3v) is 3.04. The van der Waals surface area contributed by atoms with Gasteiger partial charge in [0, 0.05) is 30.8 Å². The molecule has 0 spiro atoms. The van der Waals surface area contributed by atoms with Gasteiger partial charge in [-0.3, -0.25) is 0 Å². The highest BCUT2D eigenvalue weighted by Crippen LogP contribution is 2.15. The predicted octanol–water partition coefficient (Wildman–Crippen LogP) is 2.72. The van der Waals surface area contributed by atoms with Crippen molar-refractivity contribution in [2.45, 2.75) is 13.5 Å². The van der Waals surface area contributed by atoms with Gasteiger partial charge in [-0.25, -0.2) is 19.3 Å². The zero-order valence-electron chi connectivity index (χ0n) is 11.5. The van der Waals surface area contributed by atoms with E-state index in [1.165, 1.54) is 6.07 Å². The summed E-state index contributed by atoms with van der Waals surface area (Å²) in [6.45, 7) is 2.36. The third-order valence-electron chi connectivity index (χ3n) is 3.04. The number of anilines is 1. The minimum atomic E-state index is -0.294. The molecule has 0 fully saturated rings. The Labute approximate surface area is 121 Å². The van der Waals surface area contributed by atoms with Crippen LogP contribution < -0.4 is 5.32 Å². The van der Waals surface area contributed by atoms with Crippen LogP contribution in [0.25, 0.3) is 5.69 Å². The fraction of sp³-hybridized carbons (Fsp3) is 0.133. The van der Waals surface area contributed by atoms with E-state index in [0.29, 0.717) is 18.2 Å². The van der Waals surface area contributed by atoms with Gasteiger partial charge in [0.25, 0.3) is 0 Å². The maximum atomic E-state index is 14.1. The van der Waals surface area contributed by atoms with Crippen molar-refractivity contribution < 1.29 is 4.39 Å². The number of hydrogen-bond donors (Lipinski definition) is 1. The molecule has 0 bridgehead atoms. The first-order valence-corrected chi connectivity index (χ1v) is 6.52. The largest absolute Gasteiger partial charge is 0.350 e. The number of nitrogens with one attached hydrogen (secondary N) is 1. The second-order valence-electron chi connectivity index (χ2n) is 4.63. The number of hydrogen-bond acceptors (Lipinski definition) is 4. The van der Waals surface area contributed by atoms with Crippen LogP contribution in [0, 0.1) is 12.7 Å². The fourth-order valence-corrected chi connectivity index (χ4v) is 1.99. The van der Waals surface area contributed by atoms with E-state index in [2.05, 4.69) is 20.3 Å². The Morgan fingerprint density at radius 2 is 2.14 bits per heavy atom. The highest BCUT2D eigenvalue weighted by atomic mass is 19.1. The van der Waals surface area contributed by atoms with Gasteiger partial charge in [0.05, 0.1) is 12.0 Å². The molecule has 6 heteroatoms. The predicted molar refractivity (Wildman–Crippen MR) is 77.6 cm³/mol. The Kier molecular flexibility index (Phi) is 3.59. The second-order valence-corrected chi connectivity index (χ2v) is 4.63. The molecule has 1 N–H and O–H groups in total. The van der Waals surface area contributed by atoms with Crippen LogP contribution in [0.2, 0.25) is 0 Å². The summed E-state index contributed by atoms with van der Waals surface area (Å²) in [7, 11) is 0. The number of nitrogens with zero attached hydrogens (tertiary/aromatic N) is 4. The molecule has 5 nitrogen and oxygen atoms in total. The Morgan fingerprint density at radius 3 is 2.86 bits per heavy atom. The SMILES string of the molecule is Cc1ccnc(NCc2ccc(-n3ccnc3)c(F)c2)n1. The molecule has 3 aromatic rings.